The summed E-state index contributed by atoms with van der Waals surface area (Å²) in [5, 5.41) is 10.9. The van der Waals surface area contributed by atoms with Crippen molar-refractivity contribution in [3.8, 4) is 0 Å². The van der Waals surface area contributed by atoms with Crippen LogP contribution in [0.3, 0.4) is 0 Å². The van der Waals surface area contributed by atoms with Gasteiger partial charge in [0.15, 0.2) is 0 Å². The third kappa shape index (κ3) is 3.53. The molecule has 0 saturated heterocycles. The van der Waals surface area contributed by atoms with Crippen molar-refractivity contribution in [3.63, 3.8) is 0 Å². The van der Waals surface area contributed by atoms with Gasteiger partial charge in [-0.1, -0.05) is 57.9 Å². The van der Waals surface area contributed by atoms with Crippen molar-refractivity contribution in [2.45, 2.75) is 119 Å². The van der Waals surface area contributed by atoms with Crippen LogP contribution < -0.4 is 0 Å². The summed E-state index contributed by atoms with van der Waals surface area (Å²) in [6.07, 6.45) is 17.2. The first-order valence-corrected chi connectivity index (χ1v) is 13.3. The average molecular weight is 425 g/mol. The molecule has 1 N–H and O–H groups in total. The molecule has 0 aromatic rings. The van der Waals surface area contributed by atoms with Gasteiger partial charge in [-0.05, 0) is 123 Å². The summed E-state index contributed by atoms with van der Waals surface area (Å²) < 4.78 is 0. The predicted octanol–water partition coefficient (Wildman–Crippen LogP) is 8.40. The minimum atomic E-state index is -0.122. The van der Waals surface area contributed by atoms with Gasteiger partial charge in [-0.25, -0.2) is 0 Å². The molecule has 1 saturated carbocycles. The molecule has 1 heteroatoms. The number of hydrogen-bond acceptors (Lipinski definition) is 1. The van der Waals surface area contributed by atoms with Gasteiger partial charge in [-0.2, -0.15) is 0 Å². The number of aliphatic hydroxyl groups is 1. The lowest BCUT2D eigenvalue weighted by Crippen LogP contribution is -2.54. The maximum atomic E-state index is 10.9. The summed E-state index contributed by atoms with van der Waals surface area (Å²) >= 11 is 0. The molecule has 4 aliphatic rings. The van der Waals surface area contributed by atoms with Crippen molar-refractivity contribution < 1.29 is 5.11 Å². The Bertz CT molecular complexity index is 795. The largest absolute Gasteiger partial charge is 0.393 e. The Morgan fingerprint density at radius 1 is 1.13 bits per heavy atom. The summed E-state index contributed by atoms with van der Waals surface area (Å²) in [5.41, 5.74) is 7.53. The van der Waals surface area contributed by atoms with E-state index in [-0.39, 0.29) is 11.5 Å². The van der Waals surface area contributed by atoms with Crippen LogP contribution in [0.5, 0.6) is 0 Å². The predicted molar refractivity (Wildman–Crippen MR) is 133 cm³/mol. The number of aliphatic hydroxyl groups excluding tert-OH is 1. The number of rotatable bonds is 5. The monoisotopic (exact) mass is 424 g/mol. The topological polar surface area (TPSA) is 20.2 Å². The Balaban J connectivity index is 1.61. The first-order valence-electron chi connectivity index (χ1n) is 13.3. The van der Waals surface area contributed by atoms with E-state index >= 15 is 0 Å². The summed E-state index contributed by atoms with van der Waals surface area (Å²) in [5.74, 6) is 2.23. The molecular formula is C30H48O. The Hall–Kier alpha value is -0.820. The third-order valence-corrected chi connectivity index (χ3v) is 10.9. The van der Waals surface area contributed by atoms with Crippen LogP contribution in [0.2, 0.25) is 0 Å². The molecule has 2 unspecified atom stereocenters. The van der Waals surface area contributed by atoms with Crippen molar-refractivity contribution >= 4 is 0 Å². The second-order valence-corrected chi connectivity index (χ2v) is 12.6. The van der Waals surface area contributed by atoms with Crippen LogP contribution in [0, 0.1) is 34.0 Å². The summed E-state index contributed by atoms with van der Waals surface area (Å²) in [4.78, 5) is 0. The highest BCUT2D eigenvalue weighted by atomic mass is 16.3. The van der Waals surface area contributed by atoms with Gasteiger partial charge in [0.2, 0.25) is 0 Å². The van der Waals surface area contributed by atoms with Crippen molar-refractivity contribution in [2.75, 3.05) is 0 Å². The molecule has 0 aliphatic heterocycles. The standard InChI is InChI=1S/C30H48O/c1-8-28(5)26-15-12-22-24-14-13-23(21(4)11-9-10-20(2)3)29(24,6)18-16-25(22)30(26,7)19-17-27(28)31/h10,14,21,23,26-27,31H,8-9,11-13,15-19H2,1-7H3/t21-,23-,26?,27?,28+,29-,30-/m1/s1. The molecular weight excluding hydrogens is 376 g/mol. The van der Waals surface area contributed by atoms with Crippen molar-refractivity contribution in [1.29, 1.82) is 0 Å². The fraction of sp³-hybridized carbons (Fsp3) is 0.800. The van der Waals surface area contributed by atoms with Crippen LogP contribution >= 0.6 is 0 Å². The highest BCUT2D eigenvalue weighted by Gasteiger charge is 2.58. The second-order valence-electron chi connectivity index (χ2n) is 12.6. The molecule has 4 aliphatic carbocycles. The van der Waals surface area contributed by atoms with E-state index in [1.165, 1.54) is 56.9 Å². The van der Waals surface area contributed by atoms with Gasteiger partial charge < -0.3 is 5.11 Å². The first kappa shape index (κ1) is 23.3. The molecule has 0 bridgehead atoms. The molecule has 1 fully saturated rings. The van der Waals surface area contributed by atoms with E-state index in [9.17, 15) is 5.11 Å². The van der Waals surface area contributed by atoms with E-state index < -0.39 is 0 Å². The zero-order valence-corrected chi connectivity index (χ0v) is 21.5. The number of hydrogen-bond donors (Lipinski definition) is 1. The maximum absolute atomic E-state index is 10.9. The Morgan fingerprint density at radius 2 is 1.87 bits per heavy atom. The Morgan fingerprint density at radius 3 is 2.55 bits per heavy atom. The molecule has 31 heavy (non-hydrogen) atoms. The van der Waals surface area contributed by atoms with Gasteiger partial charge in [-0.3, -0.25) is 0 Å². The minimum Gasteiger partial charge on any atom is -0.393 e. The summed E-state index contributed by atoms with van der Waals surface area (Å²) in [6.45, 7) is 16.8. The lowest BCUT2D eigenvalue weighted by atomic mass is 9.45. The molecule has 0 spiro atoms. The highest BCUT2D eigenvalue weighted by molar-refractivity contribution is 5.49. The first-order chi connectivity index (χ1) is 14.6. The van der Waals surface area contributed by atoms with Crippen LogP contribution in [-0.4, -0.2) is 11.2 Å². The zero-order chi connectivity index (χ0) is 22.6. The van der Waals surface area contributed by atoms with Crippen molar-refractivity contribution in [1.82, 2.24) is 0 Å². The van der Waals surface area contributed by atoms with E-state index in [0.29, 0.717) is 16.7 Å². The Kier molecular flexibility index (Phi) is 6.17. The van der Waals surface area contributed by atoms with Crippen LogP contribution in [0.15, 0.2) is 34.4 Å². The fourth-order valence-corrected chi connectivity index (χ4v) is 8.72. The normalized spacial score (nSPS) is 43.0. The lowest BCUT2D eigenvalue weighted by Gasteiger charge is -2.60. The van der Waals surface area contributed by atoms with Crippen molar-refractivity contribution in [3.05, 3.63) is 34.4 Å². The van der Waals surface area contributed by atoms with E-state index in [1.807, 2.05) is 0 Å². The van der Waals surface area contributed by atoms with Crippen molar-refractivity contribution in [2.24, 2.45) is 34.0 Å². The van der Waals surface area contributed by atoms with Crippen LogP contribution in [0.25, 0.3) is 0 Å². The zero-order valence-electron chi connectivity index (χ0n) is 21.5. The SMILES string of the molecule is CC[C@]1(C)C(O)CC[C@]2(C)C3=C(CCC12)C1=CC[C@H]([C@H](C)CCC=C(C)C)[C@@]1(C)CC3. The second kappa shape index (κ2) is 8.19. The van der Waals surface area contributed by atoms with Gasteiger partial charge in [0.25, 0.3) is 0 Å². The van der Waals surface area contributed by atoms with E-state index in [1.54, 1.807) is 16.7 Å². The van der Waals surface area contributed by atoms with Crippen LogP contribution in [-0.2, 0) is 0 Å². The molecule has 0 amide bonds. The minimum absolute atomic E-state index is 0.0817. The van der Waals surface area contributed by atoms with Gasteiger partial charge in [0.1, 0.15) is 0 Å². The molecule has 0 radical (unpaired) electrons. The highest BCUT2D eigenvalue weighted by Crippen LogP contribution is 2.67. The smallest absolute Gasteiger partial charge is 0.0597 e. The number of fused-ring (bicyclic) bond motifs is 4. The van der Waals surface area contributed by atoms with Gasteiger partial charge in [0, 0.05) is 0 Å². The quantitative estimate of drug-likeness (QED) is 0.439. The summed E-state index contributed by atoms with van der Waals surface area (Å²) in [6, 6.07) is 0. The van der Waals surface area contributed by atoms with Gasteiger partial charge >= 0.3 is 0 Å². The molecule has 1 nitrogen and oxygen atoms in total. The van der Waals surface area contributed by atoms with Gasteiger partial charge in [0.05, 0.1) is 6.10 Å². The van der Waals surface area contributed by atoms with E-state index in [4.69, 9.17) is 0 Å². The molecule has 0 heterocycles. The fourth-order valence-electron chi connectivity index (χ4n) is 8.72. The van der Waals surface area contributed by atoms with Crippen LogP contribution in [0.4, 0.5) is 0 Å². The molecule has 4 rings (SSSR count). The molecule has 7 atom stereocenters. The number of allylic oxidation sites excluding steroid dienone is 6. The average Bonchev–Trinajstić information content (AvgIpc) is 3.08. The van der Waals surface area contributed by atoms with E-state index in [2.05, 4.69) is 60.6 Å². The molecule has 0 aromatic carbocycles. The molecule has 174 valence electrons. The Labute approximate surface area is 192 Å². The molecule has 0 aromatic heterocycles. The van der Waals surface area contributed by atoms with Crippen LogP contribution in [0.1, 0.15) is 113 Å². The van der Waals surface area contributed by atoms with E-state index in [0.717, 1.165) is 24.7 Å². The maximum Gasteiger partial charge on any atom is 0.0597 e. The summed E-state index contributed by atoms with van der Waals surface area (Å²) in [7, 11) is 0. The van der Waals surface area contributed by atoms with Gasteiger partial charge in [-0.15, -0.1) is 0 Å². The third-order valence-electron chi connectivity index (χ3n) is 10.9. The lowest BCUT2D eigenvalue weighted by molar-refractivity contribution is -0.103.